The van der Waals surface area contributed by atoms with Crippen molar-refractivity contribution in [3.63, 3.8) is 0 Å². The van der Waals surface area contributed by atoms with Gasteiger partial charge >= 0.3 is 5.97 Å². The number of nitrogens with one attached hydrogen (secondary N) is 1. The highest BCUT2D eigenvalue weighted by atomic mass is 16.5. The van der Waals surface area contributed by atoms with Crippen molar-refractivity contribution >= 4 is 28.6 Å². The third kappa shape index (κ3) is 4.03. The van der Waals surface area contributed by atoms with Crippen LogP contribution in [-0.2, 0) is 9.53 Å². The molecule has 0 unspecified atom stereocenters. The minimum atomic E-state index is -0.578. The second-order valence-corrected chi connectivity index (χ2v) is 6.09. The largest absolute Gasteiger partial charge is 0.452 e. The number of anilines is 1. The number of fused-ring (bicyclic) bond motifs is 1. The number of esters is 1. The van der Waals surface area contributed by atoms with Crippen LogP contribution in [0.4, 0.5) is 5.69 Å². The Morgan fingerprint density at radius 1 is 0.923 bits per heavy atom. The molecule has 0 fully saturated rings. The van der Waals surface area contributed by atoms with E-state index in [1.165, 1.54) is 0 Å². The minimum absolute atomic E-state index is 0.332. The van der Waals surface area contributed by atoms with Crippen LogP contribution in [0.1, 0.15) is 27.3 Å². The fourth-order valence-electron chi connectivity index (χ4n) is 2.41. The van der Waals surface area contributed by atoms with Crippen LogP contribution in [0.5, 0.6) is 0 Å². The van der Waals surface area contributed by atoms with Gasteiger partial charge in [0, 0.05) is 5.69 Å². The zero-order valence-electron chi connectivity index (χ0n) is 14.9. The van der Waals surface area contributed by atoms with Crippen LogP contribution in [0, 0.1) is 20.8 Å². The van der Waals surface area contributed by atoms with Crippen molar-refractivity contribution in [2.24, 2.45) is 0 Å². The summed E-state index contributed by atoms with van der Waals surface area (Å²) in [5.74, 6) is -0.972. The van der Waals surface area contributed by atoms with E-state index in [2.05, 4.69) is 15.3 Å². The van der Waals surface area contributed by atoms with Crippen LogP contribution >= 0.6 is 0 Å². The first-order chi connectivity index (χ1) is 12.4. The normalized spacial score (nSPS) is 10.6. The highest BCUT2D eigenvalue weighted by Crippen LogP contribution is 2.15. The zero-order valence-corrected chi connectivity index (χ0v) is 14.9. The summed E-state index contributed by atoms with van der Waals surface area (Å²) in [5, 5.41) is 2.68. The monoisotopic (exact) mass is 349 g/mol. The van der Waals surface area contributed by atoms with Gasteiger partial charge in [-0.1, -0.05) is 17.7 Å². The van der Waals surface area contributed by atoms with Gasteiger partial charge in [-0.3, -0.25) is 4.79 Å². The number of rotatable bonds is 4. The molecule has 2 aromatic carbocycles. The summed E-state index contributed by atoms with van der Waals surface area (Å²) < 4.78 is 5.09. The zero-order chi connectivity index (χ0) is 18.7. The Morgan fingerprint density at radius 3 is 2.27 bits per heavy atom. The maximum absolute atomic E-state index is 12.2. The smallest absolute Gasteiger partial charge is 0.338 e. The molecule has 3 rings (SSSR count). The molecule has 1 N–H and O–H groups in total. The summed E-state index contributed by atoms with van der Waals surface area (Å²) in [4.78, 5) is 33.0. The van der Waals surface area contributed by atoms with Crippen molar-refractivity contribution in [3.05, 3.63) is 65.0 Å². The van der Waals surface area contributed by atoms with E-state index in [1.54, 1.807) is 30.3 Å². The number of amides is 1. The quantitative estimate of drug-likeness (QED) is 0.731. The molecule has 0 aliphatic heterocycles. The molecule has 26 heavy (non-hydrogen) atoms. The first-order valence-electron chi connectivity index (χ1n) is 8.21. The summed E-state index contributed by atoms with van der Waals surface area (Å²) in [5.41, 5.74) is 5.07. The van der Waals surface area contributed by atoms with Gasteiger partial charge in [-0.05, 0) is 51.1 Å². The maximum Gasteiger partial charge on any atom is 0.338 e. The second-order valence-electron chi connectivity index (χ2n) is 6.09. The number of aryl methyl sites for hydroxylation is 3. The summed E-state index contributed by atoms with van der Waals surface area (Å²) in [6.07, 6.45) is 0. The van der Waals surface area contributed by atoms with Crippen LogP contribution in [-0.4, -0.2) is 28.5 Å². The molecule has 132 valence electrons. The SMILES string of the molecule is Cc1ccc(NC(=O)COC(=O)c2ccc3nc(C)c(C)nc3c2)cc1. The molecule has 0 atom stereocenters. The Bertz CT molecular complexity index is 982. The Labute approximate surface area is 151 Å². The van der Waals surface area contributed by atoms with Gasteiger partial charge in [0.15, 0.2) is 6.61 Å². The average molecular weight is 349 g/mol. The lowest BCUT2D eigenvalue weighted by molar-refractivity contribution is -0.119. The number of benzene rings is 2. The molecular weight excluding hydrogens is 330 g/mol. The Balaban J connectivity index is 1.64. The number of hydrogen-bond donors (Lipinski definition) is 1. The van der Waals surface area contributed by atoms with Gasteiger partial charge in [-0.15, -0.1) is 0 Å². The number of nitrogens with zero attached hydrogens (tertiary/aromatic N) is 2. The number of hydrogen-bond acceptors (Lipinski definition) is 5. The van der Waals surface area contributed by atoms with Crippen LogP contribution < -0.4 is 5.32 Å². The van der Waals surface area contributed by atoms with Gasteiger partial charge in [0.2, 0.25) is 0 Å². The highest BCUT2D eigenvalue weighted by molar-refractivity contribution is 5.97. The molecule has 0 saturated carbocycles. The Hall–Kier alpha value is -3.28. The molecule has 0 aliphatic rings. The fourth-order valence-corrected chi connectivity index (χ4v) is 2.41. The molecule has 6 heteroatoms. The molecule has 0 bridgehead atoms. The minimum Gasteiger partial charge on any atom is -0.452 e. The van der Waals surface area contributed by atoms with E-state index in [9.17, 15) is 9.59 Å². The number of carbonyl (C=O) groups is 2. The molecule has 1 amide bonds. The van der Waals surface area contributed by atoms with Gasteiger partial charge < -0.3 is 10.1 Å². The second kappa shape index (κ2) is 7.31. The number of aromatic nitrogens is 2. The standard InChI is InChI=1S/C20H19N3O3/c1-12-4-7-16(8-5-12)23-19(24)11-26-20(25)15-6-9-17-18(10-15)22-14(3)13(2)21-17/h4-10H,11H2,1-3H3,(H,23,24). The van der Waals surface area contributed by atoms with E-state index in [0.29, 0.717) is 22.3 Å². The topological polar surface area (TPSA) is 81.2 Å². The van der Waals surface area contributed by atoms with Crippen molar-refractivity contribution in [3.8, 4) is 0 Å². The first kappa shape index (κ1) is 17.5. The van der Waals surface area contributed by atoms with Crippen LogP contribution in [0.15, 0.2) is 42.5 Å². The molecule has 0 aliphatic carbocycles. The maximum atomic E-state index is 12.2. The first-order valence-corrected chi connectivity index (χ1v) is 8.21. The highest BCUT2D eigenvalue weighted by Gasteiger charge is 2.12. The van der Waals surface area contributed by atoms with Crippen LogP contribution in [0.25, 0.3) is 11.0 Å². The molecule has 1 aromatic heterocycles. The van der Waals surface area contributed by atoms with Crippen molar-refractivity contribution in [2.75, 3.05) is 11.9 Å². The third-order valence-electron chi connectivity index (χ3n) is 3.98. The lowest BCUT2D eigenvalue weighted by Crippen LogP contribution is -2.20. The molecule has 1 heterocycles. The van der Waals surface area contributed by atoms with Gasteiger partial charge in [-0.2, -0.15) is 0 Å². The van der Waals surface area contributed by atoms with Crippen molar-refractivity contribution in [1.82, 2.24) is 9.97 Å². The Morgan fingerprint density at radius 2 is 1.58 bits per heavy atom. The fraction of sp³-hybridized carbons (Fsp3) is 0.200. The summed E-state index contributed by atoms with van der Waals surface area (Å²) >= 11 is 0. The summed E-state index contributed by atoms with van der Waals surface area (Å²) in [7, 11) is 0. The van der Waals surface area contributed by atoms with E-state index in [1.807, 2.05) is 32.9 Å². The molecule has 3 aromatic rings. The lowest BCUT2D eigenvalue weighted by atomic mass is 10.2. The van der Waals surface area contributed by atoms with Crippen LogP contribution in [0.3, 0.4) is 0 Å². The predicted molar refractivity (Wildman–Crippen MR) is 99.1 cm³/mol. The molecule has 0 saturated heterocycles. The predicted octanol–water partition coefficient (Wildman–Crippen LogP) is 3.35. The summed E-state index contributed by atoms with van der Waals surface area (Å²) in [6, 6.07) is 12.3. The molecule has 6 nitrogen and oxygen atoms in total. The molecular formula is C20H19N3O3. The average Bonchev–Trinajstić information content (AvgIpc) is 2.62. The van der Waals surface area contributed by atoms with Gasteiger partial charge in [0.25, 0.3) is 5.91 Å². The van der Waals surface area contributed by atoms with E-state index >= 15 is 0 Å². The molecule has 0 radical (unpaired) electrons. The Kier molecular flexibility index (Phi) is 4.93. The number of carbonyl (C=O) groups excluding carboxylic acids is 2. The van der Waals surface area contributed by atoms with E-state index in [4.69, 9.17) is 4.74 Å². The molecule has 0 spiro atoms. The van der Waals surface area contributed by atoms with Crippen molar-refractivity contribution in [2.45, 2.75) is 20.8 Å². The van der Waals surface area contributed by atoms with E-state index < -0.39 is 11.9 Å². The number of ether oxygens (including phenoxy) is 1. The van der Waals surface area contributed by atoms with Gasteiger partial charge in [0.1, 0.15) is 0 Å². The summed E-state index contributed by atoms with van der Waals surface area (Å²) in [6.45, 7) is 5.35. The van der Waals surface area contributed by atoms with Gasteiger partial charge in [0.05, 0.1) is 28.0 Å². The lowest BCUT2D eigenvalue weighted by Gasteiger charge is -2.08. The van der Waals surface area contributed by atoms with Crippen LogP contribution in [0.2, 0.25) is 0 Å². The van der Waals surface area contributed by atoms with Crippen molar-refractivity contribution in [1.29, 1.82) is 0 Å². The van der Waals surface area contributed by atoms with Crippen molar-refractivity contribution < 1.29 is 14.3 Å². The van der Waals surface area contributed by atoms with Gasteiger partial charge in [-0.25, -0.2) is 14.8 Å². The van der Waals surface area contributed by atoms with E-state index in [-0.39, 0.29) is 6.61 Å². The third-order valence-corrected chi connectivity index (χ3v) is 3.98. The van der Waals surface area contributed by atoms with E-state index in [0.717, 1.165) is 17.0 Å².